The standard InChI is InChI=1S/C21H21NO2/c23-21(11-15-10-13-5-6-14(15)9-13)22-16-7-8-20-18(12-16)17-3-1-2-4-19(17)24-20/h1-4,7-8,12-15H,5-6,9-11H2,(H,22,23). The lowest BCUT2D eigenvalue weighted by Crippen LogP contribution is -2.20. The van der Waals surface area contributed by atoms with Gasteiger partial charge in [-0.05, 0) is 61.3 Å². The van der Waals surface area contributed by atoms with E-state index in [1.165, 1.54) is 25.7 Å². The lowest BCUT2D eigenvalue weighted by molar-refractivity contribution is -0.117. The van der Waals surface area contributed by atoms with Crippen LogP contribution in [-0.2, 0) is 4.79 Å². The molecule has 0 saturated heterocycles. The van der Waals surface area contributed by atoms with Crippen molar-refractivity contribution in [3.05, 3.63) is 42.5 Å². The summed E-state index contributed by atoms with van der Waals surface area (Å²) < 4.78 is 5.84. The van der Waals surface area contributed by atoms with Gasteiger partial charge in [0.2, 0.25) is 5.91 Å². The Morgan fingerprint density at radius 3 is 2.75 bits per heavy atom. The van der Waals surface area contributed by atoms with Crippen LogP contribution in [0.25, 0.3) is 21.9 Å². The SMILES string of the molecule is O=C(CC1CC2CCC1C2)Nc1ccc2oc3ccccc3c2c1. The topological polar surface area (TPSA) is 42.2 Å². The molecular formula is C21H21NO2. The Kier molecular flexibility index (Phi) is 3.15. The molecule has 5 rings (SSSR count). The maximum Gasteiger partial charge on any atom is 0.224 e. The molecule has 2 bridgehead atoms. The number of benzene rings is 2. The number of nitrogens with one attached hydrogen (secondary N) is 1. The number of carbonyl (C=O) groups excluding carboxylic acids is 1. The van der Waals surface area contributed by atoms with E-state index < -0.39 is 0 Å². The minimum absolute atomic E-state index is 0.153. The summed E-state index contributed by atoms with van der Waals surface area (Å²) in [5.74, 6) is 2.43. The minimum Gasteiger partial charge on any atom is -0.456 e. The van der Waals surface area contributed by atoms with Crippen LogP contribution in [0.3, 0.4) is 0 Å². The second kappa shape index (κ2) is 5.37. The van der Waals surface area contributed by atoms with Gasteiger partial charge in [0.05, 0.1) is 0 Å². The Balaban J connectivity index is 1.36. The molecule has 1 heterocycles. The predicted molar refractivity (Wildman–Crippen MR) is 95.9 cm³/mol. The third kappa shape index (κ3) is 2.31. The van der Waals surface area contributed by atoms with E-state index in [4.69, 9.17) is 4.42 Å². The highest BCUT2D eigenvalue weighted by atomic mass is 16.3. The Labute approximate surface area is 141 Å². The molecule has 2 saturated carbocycles. The Morgan fingerprint density at radius 2 is 1.92 bits per heavy atom. The van der Waals surface area contributed by atoms with Gasteiger partial charge in [0.1, 0.15) is 11.2 Å². The fraction of sp³-hybridized carbons (Fsp3) is 0.381. The van der Waals surface area contributed by atoms with Gasteiger partial charge in [-0.15, -0.1) is 0 Å². The van der Waals surface area contributed by atoms with Crippen molar-refractivity contribution in [1.82, 2.24) is 0 Å². The maximum absolute atomic E-state index is 12.4. The molecule has 3 nitrogen and oxygen atoms in total. The summed E-state index contributed by atoms with van der Waals surface area (Å²) >= 11 is 0. The number of rotatable bonds is 3. The average molecular weight is 319 g/mol. The van der Waals surface area contributed by atoms with Gasteiger partial charge in [-0.25, -0.2) is 0 Å². The summed E-state index contributed by atoms with van der Waals surface area (Å²) in [6.07, 6.45) is 5.99. The van der Waals surface area contributed by atoms with E-state index in [1.807, 2.05) is 36.4 Å². The number of para-hydroxylation sites is 1. The third-order valence-corrected chi connectivity index (χ3v) is 5.99. The van der Waals surface area contributed by atoms with Crippen LogP contribution in [0, 0.1) is 17.8 Å². The molecule has 3 aromatic rings. The number of hydrogen-bond acceptors (Lipinski definition) is 2. The van der Waals surface area contributed by atoms with Crippen molar-refractivity contribution in [3.63, 3.8) is 0 Å². The molecule has 2 aliphatic rings. The zero-order chi connectivity index (χ0) is 16.1. The number of carbonyl (C=O) groups is 1. The molecule has 2 fully saturated rings. The number of fused-ring (bicyclic) bond motifs is 5. The van der Waals surface area contributed by atoms with Crippen molar-refractivity contribution in [2.24, 2.45) is 17.8 Å². The molecule has 0 spiro atoms. The summed E-state index contributed by atoms with van der Waals surface area (Å²) in [6.45, 7) is 0. The van der Waals surface area contributed by atoms with E-state index in [9.17, 15) is 4.79 Å². The van der Waals surface area contributed by atoms with E-state index in [0.29, 0.717) is 12.3 Å². The monoisotopic (exact) mass is 319 g/mol. The third-order valence-electron chi connectivity index (χ3n) is 5.99. The summed E-state index contributed by atoms with van der Waals surface area (Å²) in [6, 6.07) is 13.9. The first kappa shape index (κ1) is 14.1. The van der Waals surface area contributed by atoms with Crippen molar-refractivity contribution < 1.29 is 9.21 Å². The van der Waals surface area contributed by atoms with Crippen LogP contribution in [-0.4, -0.2) is 5.91 Å². The largest absolute Gasteiger partial charge is 0.456 e. The lowest BCUT2D eigenvalue weighted by Gasteiger charge is -2.20. The molecule has 2 aliphatic carbocycles. The predicted octanol–water partition coefficient (Wildman–Crippen LogP) is 5.35. The van der Waals surface area contributed by atoms with Crippen LogP contribution in [0.2, 0.25) is 0 Å². The lowest BCUT2D eigenvalue weighted by atomic mass is 9.86. The van der Waals surface area contributed by atoms with Crippen LogP contribution < -0.4 is 5.32 Å². The highest BCUT2D eigenvalue weighted by Gasteiger charge is 2.40. The molecule has 2 aromatic carbocycles. The fourth-order valence-corrected chi connectivity index (χ4v) is 4.88. The van der Waals surface area contributed by atoms with Gasteiger partial charge in [0, 0.05) is 22.9 Å². The van der Waals surface area contributed by atoms with E-state index >= 15 is 0 Å². The molecule has 0 radical (unpaired) electrons. The van der Waals surface area contributed by atoms with E-state index in [2.05, 4.69) is 11.4 Å². The Hall–Kier alpha value is -2.29. The Bertz CT molecular complexity index is 926. The summed E-state index contributed by atoms with van der Waals surface area (Å²) in [5, 5.41) is 5.25. The van der Waals surface area contributed by atoms with Crippen LogP contribution in [0.5, 0.6) is 0 Å². The minimum atomic E-state index is 0.153. The fourth-order valence-electron chi connectivity index (χ4n) is 4.88. The van der Waals surface area contributed by atoms with E-state index in [0.717, 1.165) is 39.5 Å². The smallest absolute Gasteiger partial charge is 0.224 e. The van der Waals surface area contributed by atoms with Crippen molar-refractivity contribution in [3.8, 4) is 0 Å². The average Bonchev–Trinajstić information content (AvgIpc) is 3.28. The highest BCUT2D eigenvalue weighted by molar-refractivity contribution is 6.06. The maximum atomic E-state index is 12.4. The van der Waals surface area contributed by atoms with Crippen LogP contribution in [0.15, 0.2) is 46.9 Å². The number of furan rings is 1. The van der Waals surface area contributed by atoms with Crippen molar-refractivity contribution in [2.75, 3.05) is 5.32 Å². The van der Waals surface area contributed by atoms with Crippen LogP contribution >= 0.6 is 0 Å². The van der Waals surface area contributed by atoms with Crippen molar-refractivity contribution >= 4 is 33.5 Å². The molecule has 24 heavy (non-hydrogen) atoms. The zero-order valence-corrected chi connectivity index (χ0v) is 13.6. The summed E-state index contributed by atoms with van der Waals surface area (Å²) in [4.78, 5) is 12.4. The van der Waals surface area contributed by atoms with Gasteiger partial charge in [-0.1, -0.05) is 24.6 Å². The van der Waals surface area contributed by atoms with Gasteiger partial charge in [-0.3, -0.25) is 4.79 Å². The zero-order valence-electron chi connectivity index (χ0n) is 13.6. The van der Waals surface area contributed by atoms with Gasteiger partial charge >= 0.3 is 0 Å². The van der Waals surface area contributed by atoms with Crippen molar-refractivity contribution in [1.29, 1.82) is 0 Å². The molecule has 1 amide bonds. The first-order valence-corrected chi connectivity index (χ1v) is 8.97. The first-order chi connectivity index (χ1) is 11.8. The van der Waals surface area contributed by atoms with E-state index in [1.54, 1.807) is 0 Å². The normalized spacial score (nSPS) is 25.6. The molecular weight excluding hydrogens is 298 g/mol. The Morgan fingerprint density at radius 1 is 1.04 bits per heavy atom. The molecule has 0 aliphatic heterocycles. The number of amides is 1. The highest BCUT2D eigenvalue weighted by Crippen LogP contribution is 2.49. The summed E-state index contributed by atoms with van der Waals surface area (Å²) in [5.41, 5.74) is 2.61. The first-order valence-electron chi connectivity index (χ1n) is 8.97. The molecule has 3 unspecified atom stereocenters. The molecule has 1 N–H and O–H groups in total. The summed E-state index contributed by atoms with van der Waals surface area (Å²) in [7, 11) is 0. The van der Waals surface area contributed by atoms with Crippen molar-refractivity contribution in [2.45, 2.75) is 32.1 Å². The van der Waals surface area contributed by atoms with Gasteiger partial charge < -0.3 is 9.73 Å². The van der Waals surface area contributed by atoms with Crippen LogP contribution in [0.1, 0.15) is 32.1 Å². The second-order valence-corrected chi connectivity index (χ2v) is 7.50. The molecule has 1 aromatic heterocycles. The molecule has 3 heteroatoms. The number of hydrogen-bond donors (Lipinski definition) is 1. The quantitative estimate of drug-likeness (QED) is 0.707. The van der Waals surface area contributed by atoms with Crippen LogP contribution in [0.4, 0.5) is 5.69 Å². The van der Waals surface area contributed by atoms with Gasteiger partial charge in [-0.2, -0.15) is 0 Å². The number of anilines is 1. The molecule has 3 atom stereocenters. The van der Waals surface area contributed by atoms with E-state index in [-0.39, 0.29) is 5.91 Å². The second-order valence-electron chi connectivity index (χ2n) is 7.50. The molecule has 122 valence electrons. The van der Waals surface area contributed by atoms with Gasteiger partial charge in [0.15, 0.2) is 0 Å². The van der Waals surface area contributed by atoms with Gasteiger partial charge in [0.25, 0.3) is 0 Å².